The van der Waals surface area contributed by atoms with Crippen LogP contribution in [0.15, 0.2) is 54.6 Å². The van der Waals surface area contributed by atoms with Gasteiger partial charge in [-0.05, 0) is 29.3 Å². The number of carbonyl (C=O) groups is 1. The lowest BCUT2D eigenvalue weighted by Crippen LogP contribution is -2.29. The van der Waals surface area contributed by atoms with Crippen LogP contribution in [0.2, 0.25) is 0 Å². The quantitative estimate of drug-likeness (QED) is 0.822. The molecule has 1 amide bonds. The Bertz CT molecular complexity index is 740. The van der Waals surface area contributed by atoms with Crippen molar-refractivity contribution in [1.82, 2.24) is 4.90 Å². The fraction of sp³-hybridized carbons (Fsp3) is 0.167. The van der Waals surface area contributed by atoms with E-state index in [2.05, 4.69) is 0 Å². The molecule has 0 saturated heterocycles. The molecule has 0 N–H and O–H groups in total. The minimum atomic E-state index is -0.491. The normalized spacial score (nSPS) is 17.5. The molecule has 0 spiro atoms. The zero-order valence-electron chi connectivity index (χ0n) is 12.1. The van der Waals surface area contributed by atoms with Gasteiger partial charge in [-0.1, -0.05) is 36.4 Å². The van der Waals surface area contributed by atoms with Gasteiger partial charge in [0.2, 0.25) is 5.91 Å². The largest absolute Gasteiger partial charge is 0.328 e. The van der Waals surface area contributed by atoms with E-state index in [9.17, 15) is 13.6 Å². The summed E-state index contributed by atoms with van der Waals surface area (Å²) in [4.78, 5) is 13.5. The minimum Gasteiger partial charge on any atom is -0.328 e. The van der Waals surface area contributed by atoms with Crippen LogP contribution in [-0.4, -0.2) is 17.4 Å². The molecule has 0 unspecified atom stereocenters. The molecule has 2 nitrogen and oxygen atoms in total. The Kier molecular flexibility index (Phi) is 3.75. The lowest BCUT2D eigenvalue weighted by atomic mass is 10.0. The molecule has 0 bridgehead atoms. The van der Waals surface area contributed by atoms with Crippen molar-refractivity contribution >= 4 is 11.5 Å². The predicted molar refractivity (Wildman–Crippen MR) is 80.9 cm³/mol. The van der Waals surface area contributed by atoms with Gasteiger partial charge in [0.15, 0.2) is 0 Å². The first kappa shape index (κ1) is 14.4. The van der Waals surface area contributed by atoms with Gasteiger partial charge in [-0.2, -0.15) is 0 Å². The van der Waals surface area contributed by atoms with Crippen LogP contribution in [0.1, 0.15) is 24.1 Å². The van der Waals surface area contributed by atoms with Crippen LogP contribution < -0.4 is 0 Å². The molecule has 0 saturated carbocycles. The van der Waals surface area contributed by atoms with E-state index in [4.69, 9.17) is 0 Å². The lowest BCUT2D eigenvalue weighted by molar-refractivity contribution is -0.129. The number of hydrogen-bond acceptors (Lipinski definition) is 1. The number of amides is 1. The van der Waals surface area contributed by atoms with Crippen molar-refractivity contribution in [2.75, 3.05) is 6.54 Å². The molecular formula is C18H15F2NO. The molecule has 1 aliphatic rings. The summed E-state index contributed by atoms with van der Waals surface area (Å²) in [7, 11) is 0. The van der Waals surface area contributed by atoms with Gasteiger partial charge in [-0.25, -0.2) is 8.78 Å². The Hall–Kier alpha value is -2.49. The van der Waals surface area contributed by atoms with Gasteiger partial charge in [0, 0.05) is 19.0 Å². The van der Waals surface area contributed by atoms with Crippen molar-refractivity contribution in [1.29, 1.82) is 0 Å². The summed E-state index contributed by atoms with van der Waals surface area (Å²) < 4.78 is 27.4. The highest BCUT2D eigenvalue weighted by Crippen LogP contribution is 2.35. The fourth-order valence-corrected chi connectivity index (χ4v) is 2.77. The summed E-state index contributed by atoms with van der Waals surface area (Å²) in [6.45, 7) is 1.75. The Morgan fingerprint density at radius 3 is 2.55 bits per heavy atom. The molecule has 2 aromatic rings. The maximum atomic E-state index is 14.0. The first-order valence-corrected chi connectivity index (χ1v) is 7.04. The van der Waals surface area contributed by atoms with E-state index >= 15 is 0 Å². The smallest absolute Gasteiger partial charge is 0.220 e. The van der Waals surface area contributed by atoms with Crippen molar-refractivity contribution in [3.05, 3.63) is 77.4 Å². The molecule has 1 aliphatic heterocycles. The monoisotopic (exact) mass is 299 g/mol. The van der Waals surface area contributed by atoms with Gasteiger partial charge in [0.05, 0.1) is 6.04 Å². The average Bonchev–Trinajstić information content (AvgIpc) is 2.96. The van der Waals surface area contributed by atoms with Crippen molar-refractivity contribution in [2.45, 2.75) is 13.0 Å². The maximum Gasteiger partial charge on any atom is 0.220 e. The van der Waals surface area contributed by atoms with E-state index in [0.29, 0.717) is 5.57 Å². The van der Waals surface area contributed by atoms with Crippen LogP contribution in [-0.2, 0) is 4.79 Å². The summed E-state index contributed by atoms with van der Waals surface area (Å²) in [6, 6.07) is 12.6. The Morgan fingerprint density at radius 2 is 1.86 bits per heavy atom. The van der Waals surface area contributed by atoms with Gasteiger partial charge >= 0.3 is 0 Å². The van der Waals surface area contributed by atoms with Crippen LogP contribution in [0.5, 0.6) is 0 Å². The van der Waals surface area contributed by atoms with Gasteiger partial charge in [-0.15, -0.1) is 0 Å². The highest BCUT2D eigenvalue weighted by molar-refractivity contribution is 5.81. The zero-order valence-corrected chi connectivity index (χ0v) is 12.1. The zero-order chi connectivity index (χ0) is 15.7. The summed E-state index contributed by atoms with van der Waals surface area (Å²) in [5, 5.41) is 0. The standard InChI is InChI=1S/C18H15F2NO/c1-12(22)21-11-14(16-10-15(19)7-8-17(16)20)9-18(21)13-5-3-2-4-6-13/h2-10,18H,11H2,1H3/t18-/m0/s1. The molecule has 3 rings (SSSR count). The topological polar surface area (TPSA) is 20.3 Å². The third-order valence-electron chi connectivity index (χ3n) is 3.86. The molecule has 112 valence electrons. The third kappa shape index (κ3) is 2.64. The number of halogens is 2. The predicted octanol–water partition coefficient (Wildman–Crippen LogP) is 3.95. The van der Waals surface area contributed by atoms with E-state index in [0.717, 1.165) is 17.7 Å². The maximum absolute atomic E-state index is 14.0. The molecule has 1 heterocycles. The van der Waals surface area contributed by atoms with Crippen LogP contribution in [0.25, 0.3) is 5.57 Å². The summed E-state index contributed by atoms with van der Waals surface area (Å²) in [6.07, 6.45) is 1.83. The number of hydrogen-bond donors (Lipinski definition) is 0. The summed E-state index contributed by atoms with van der Waals surface area (Å²) in [5.74, 6) is -1.07. The van der Waals surface area contributed by atoms with Crippen molar-refractivity contribution in [2.24, 2.45) is 0 Å². The van der Waals surface area contributed by atoms with Crippen LogP contribution in [0, 0.1) is 11.6 Å². The SMILES string of the molecule is CC(=O)N1CC(c2cc(F)ccc2F)=C[C@H]1c1ccccc1. The van der Waals surface area contributed by atoms with Crippen LogP contribution in [0.3, 0.4) is 0 Å². The summed E-state index contributed by atoms with van der Waals surface area (Å²) in [5.41, 5.74) is 1.79. The first-order chi connectivity index (χ1) is 10.6. The van der Waals surface area contributed by atoms with E-state index in [1.54, 1.807) is 4.90 Å². The molecule has 1 atom stereocenters. The molecule has 2 aromatic carbocycles. The Morgan fingerprint density at radius 1 is 1.14 bits per heavy atom. The second kappa shape index (κ2) is 5.72. The Labute approximate surface area is 127 Å². The van der Waals surface area contributed by atoms with Gasteiger partial charge in [0.1, 0.15) is 11.6 Å². The van der Waals surface area contributed by atoms with E-state index in [-0.39, 0.29) is 24.1 Å². The molecule has 4 heteroatoms. The average molecular weight is 299 g/mol. The second-order valence-corrected chi connectivity index (χ2v) is 5.32. The molecule has 0 fully saturated rings. The summed E-state index contributed by atoms with van der Waals surface area (Å²) >= 11 is 0. The number of benzene rings is 2. The molecular weight excluding hydrogens is 284 g/mol. The lowest BCUT2D eigenvalue weighted by Gasteiger charge is -2.23. The van der Waals surface area contributed by atoms with Gasteiger partial charge < -0.3 is 4.90 Å². The second-order valence-electron chi connectivity index (χ2n) is 5.32. The third-order valence-corrected chi connectivity index (χ3v) is 3.86. The Balaban J connectivity index is 2.03. The number of nitrogens with zero attached hydrogens (tertiary/aromatic N) is 1. The van der Waals surface area contributed by atoms with Gasteiger partial charge in [0.25, 0.3) is 0 Å². The van der Waals surface area contributed by atoms with Crippen molar-refractivity contribution < 1.29 is 13.6 Å². The molecule has 0 radical (unpaired) electrons. The number of rotatable bonds is 2. The molecule has 22 heavy (non-hydrogen) atoms. The first-order valence-electron chi connectivity index (χ1n) is 7.04. The van der Waals surface area contributed by atoms with Crippen LogP contribution >= 0.6 is 0 Å². The molecule has 0 aromatic heterocycles. The van der Waals surface area contributed by atoms with E-state index in [1.165, 1.54) is 13.0 Å². The van der Waals surface area contributed by atoms with Crippen molar-refractivity contribution in [3.63, 3.8) is 0 Å². The van der Waals surface area contributed by atoms with Crippen molar-refractivity contribution in [3.8, 4) is 0 Å². The highest BCUT2D eigenvalue weighted by Gasteiger charge is 2.29. The fourth-order valence-electron chi connectivity index (χ4n) is 2.77. The van der Waals surface area contributed by atoms with Crippen LogP contribution in [0.4, 0.5) is 8.78 Å². The number of carbonyl (C=O) groups excluding carboxylic acids is 1. The highest BCUT2D eigenvalue weighted by atomic mass is 19.1. The van der Waals surface area contributed by atoms with E-state index in [1.807, 2.05) is 36.4 Å². The van der Waals surface area contributed by atoms with E-state index < -0.39 is 11.6 Å². The van der Waals surface area contributed by atoms with Gasteiger partial charge in [-0.3, -0.25) is 4.79 Å². The molecule has 0 aliphatic carbocycles. The minimum absolute atomic E-state index is 0.100.